The zero-order valence-corrected chi connectivity index (χ0v) is 38.1. The van der Waals surface area contributed by atoms with Crippen molar-refractivity contribution in [2.75, 3.05) is 26.0 Å². The molecule has 6 aromatic rings. The van der Waals surface area contributed by atoms with E-state index in [2.05, 4.69) is 78.1 Å². The van der Waals surface area contributed by atoms with E-state index in [9.17, 15) is 19.2 Å². The number of carbonyl (C=O) groups is 4. The van der Waals surface area contributed by atoms with E-state index in [4.69, 9.17) is 14.2 Å². The van der Waals surface area contributed by atoms with Crippen molar-refractivity contribution in [2.24, 2.45) is 0 Å². The fourth-order valence-corrected chi connectivity index (χ4v) is 12.4. The van der Waals surface area contributed by atoms with Crippen LogP contribution < -0.4 is 21.2 Å². The third-order valence-corrected chi connectivity index (χ3v) is 16.0. The van der Waals surface area contributed by atoms with Gasteiger partial charge in [0.25, 0.3) is 0 Å². The van der Waals surface area contributed by atoms with Gasteiger partial charge in [-0.1, -0.05) is 146 Å². The topological polar surface area (TPSA) is 108 Å². The third kappa shape index (κ3) is 15.4. The molecule has 0 aliphatic rings. The van der Waals surface area contributed by atoms with E-state index >= 15 is 0 Å². The number of amides is 1. The molecule has 0 saturated carbocycles. The maximum Gasteiger partial charge on any atom is 0.305 e. The van der Waals surface area contributed by atoms with Crippen LogP contribution >= 0.6 is 7.26 Å². The van der Waals surface area contributed by atoms with Gasteiger partial charge in [0.15, 0.2) is 0 Å². The first-order chi connectivity index (χ1) is 31.8. The van der Waals surface area contributed by atoms with Crippen LogP contribution in [0.3, 0.4) is 0 Å². The normalized spacial score (nSPS) is 11.3. The van der Waals surface area contributed by atoms with E-state index in [1.807, 2.05) is 109 Å². The second-order valence-corrected chi connectivity index (χ2v) is 20.1. The fourth-order valence-electron chi connectivity index (χ4n) is 8.07. The summed E-state index contributed by atoms with van der Waals surface area (Å²) < 4.78 is 17.7. The van der Waals surface area contributed by atoms with Crippen LogP contribution in [-0.2, 0) is 52.7 Å². The van der Waals surface area contributed by atoms with Gasteiger partial charge in [0.05, 0.1) is 6.16 Å². The molecule has 8 nitrogen and oxygen atoms in total. The molecule has 0 aromatic heterocycles. The lowest BCUT2D eigenvalue weighted by atomic mass is 10.0. The van der Waals surface area contributed by atoms with Crippen LogP contribution in [0.15, 0.2) is 182 Å². The largest absolute Gasteiger partial charge is 0.463 e. The van der Waals surface area contributed by atoms with Crippen molar-refractivity contribution in [3.05, 3.63) is 199 Å². The second kappa shape index (κ2) is 25.8. The Labute approximate surface area is 385 Å². The first kappa shape index (κ1) is 48.1. The molecule has 0 saturated heterocycles. The molecule has 1 amide bonds. The van der Waals surface area contributed by atoms with Gasteiger partial charge in [0, 0.05) is 25.7 Å². The lowest BCUT2D eigenvalue weighted by Crippen LogP contribution is -2.59. The second-order valence-electron chi connectivity index (χ2n) is 16.5. The van der Waals surface area contributed by atoms with Gasteiger partial charge in [-0.25, -0.2) is 0 Å². The van der Waals surface area contributed by atoms with Crippen molar-refractivity contribution in [1.29, 1.82) is 0 Å². The summed E-state index contributed by atoms with van der Waals surface area (Å²) in [6.45, 7) is -1.06. The quantitative estimate of drug-likeness (QED) is 0.0329. The first-order valence-corrected chi connectivity index (χ1v) is 24.8. The molecule has 0 atom stereocenters. The maximum atomic E-state index is 14.4. The molecule has 6 rings (SSSR count). The van der Waals surface area contributed by atoms with Crippen LogP contribution in [0.1, 0.15) is 68.1 Å². The van der Waals surface area contributed by atoms with Crippen LogP contribution in [0.5, 0.6) is 0 Å². The minimum atomic E-state index is -2.23. The summed E-state index contributed by atoms with van der Waals surface area (Å²) in [5, 5.41) is 6.73. The number of rotatable bonds is 26. The lowest BCUT2D eigenvalue weighted by molar-refractivity contribution is -0.159. The Morgan fingerprint density at radius 2 is 0.677 bits per heavy atom. The fraction of sp³-hybridized carbons (Fsp3) is 0.286. The standard InChI is InChI=1S/C56H60NO7P/c58-52(38-22-42-65(49-32-13-4-14-33-49,50-34-15-5-16-35-50)51-36-17-6-18-37-51)57-56(43-62-53(59)39-19-29-46-23-7-1-8-24-46,44-63-54(60)40-20-30-47-25-9-2-10-26-47)45-64-55(61)41-21-31-48-27-11-3-12-28-48/h1-18,23-28,32-37H,19-22,29-31,38-45H2/p+1. The average molecular weight is 891 g/mol. The predicted molar refractivity (Wildman–Crippen MR) is 261 cm³/mol. The van der Waals surface area contributed by atoms with E-state index in [1.165, 1.54) is 15.9 Å². The highest BCUT2D eigenvalue weighted by atomic mass is 31.2. The molecule has 336 valence electrons. The Bertz CT molecular complexity index is 2080. The van der Waals surface area contributed by atoms with Gasteiger partial charge in [-0.05, 0) is 98.0 Å². The van der Waals surface area contributed by atoms with Gasteiger partial charge in [-0.2, -0.15) is 0 Å². The summed E-state index contributed by atoms with van der Waals surface area (Å²) in [5.41, 5.74) is 1.79. The van der Waals surface area contributed by atoms with Gasteiger partial charge in [-0.15, -0.1) is 0 Å². The third-order valence-electron chi connectivity index (χ3n) is 11.5. The van der Waals surface area contributed by atoms with E-state index in [1.54, 1.807) is 0 Å². The Morgan fingerprint density at radius 1 is 0.385 bits per heavy atom. The minimum absolute atomic E-state index is 0.122. The first-order valence-electron chi connectivity index (χ1n) is 22.8. The van der Waals surface area contributed by atoms with Crippen LogP contribution in [-0.4, -0.2) is 55.3 Å². The molecule has 0 fully saturated rings. The van der Waals surface area contributed by atoms with Crippen LogP contribution in [0.25, 0.3) is 0 Å². The molecule has 0 unspecified atom stereocenters. The van der Waals surface area contributed by atoms with Crippen LogP contribution in [0.2, 0.25) is 0 Å². The van der Waals surface area contributed by atoms with Crippen molar-refractivity contribution in [2.45, 2.75) is 76.2 Å². The molecular formula is C56H61NO7P+. The Kier molecular flexibility index (Phi) is 19.1. The number of hydrogen-bond donors (Lipinski definition) is 1. The highest BCUT2D eigenvalue weighted by molar-refractivity contribution is 7.95. The van der Waals surface area contributed by atoms with Crippen LogP contribution in [0, 0.1) is 0 Å². The van der Waals surface area contributed by atoms with Crippen molar-refractivity contribution in [1.82, 2.24) is 5.32 Å². The average Bonchev–Trinajstić information content (AvgIpc) is 3.35. The zero-order valence-electron chi connectivity index (χ0n) is 37.2. The molecule has 1 N–H and O–H groups in total. The Hall–Kier alpha value is -6.37. The molecule has 0 aliphatic heterocycles. The summed E-state index contributed by atoms with van der Waals surface area (Å²) in [4.78, 5) is 54.4. The SMILES string of the molecule is O=C(CCC[P+](c1ccccc1)(c1ccccc1)c1ccccc1)NC(COC(=O)CCCc1ccccc1)(COC(=O)CCCc1ccccc1)COC(=O)CCCc1ccccc1. The molecule has 0 spiro atoms. The van der Waals surface area contributed by atoms with Crippen LogP contribution in [0.4, 0.5) is 0 Å². The molecule has 0 bridgehead atoms. The van der Waals surface area contributed by atoms with E-state index in [0.29, 0.717) is 51.1 Å². The minimum Gasteiger partial charge on any atom is -0.463 e. The maximum absolute atomic E-state index is 14.4. The number of carbonyl (C=O) groups excluding carboxylic acids is 4. The number of nitrogens with one attached hydrogen (secondary N) is 1. The zero-order chi connectivity index (χ0) is 45.4. The van der Waals surface area contributed by atoms with Crippen molar-refractivity contribution >= 4 is 47.0 Å². The lowest BCUT2D eigenvalue weighted by Gasteiger charge is -2.33. The highest BCUT2D eigenvalue weighted by Crippen LogP contribution is 2.55. The highest BCUT2D eigenvalue weighted by Gasteiger charge is 2.45. The Balaban J connectivity index is 1.20. The van der Waals surface area contributed by atoms with Gasteiger partial charge in [0.2, 0.25) is 5.91 Å². The van der Waals surface area contributed by atoms with Gasteiger partial charge in [0.1, 0.15) is 48.5 Å². The Morgan fingerprint density at radius 3 is 0.985 bits per heavy atom. The molecule has 6 aromatic carbocycles. The number of esters is 3. The number of ether oxygens (including phenoxy) is 3. The smallest absolute Gasteiger partial charge is 0.305 e. The summed E-state index contributed by atoms with van der Waals surface area (Å²) in [5.74, 6) is -1.74. The number of aryl methyl sites for hydroxylation is 3. The monoisotopic (exact) mass is 890 g/mol. The summed E-state index contributed by atoms with van der Waals surface area (Å²) in [7, 11) is -2.23. The molecular weight excluding hydrogens is 830 g/mol. The van der Waals surface area contributed by atoms with Gasteiger partial charge < -0.3 is 19.5 Å². The van der Waals surface area contributed by atoms with Crippen molar-refractivity contribution in [3.8, 4) is 0 Å². The summed E-state index contributed by atoms with van der Waals surface area (Å²) in [6, 6.07) is 61.2. The molecule has 0 radical (unpaired) electrons. The van der Waals surface area contributed by atoms with Gasteiger partial charge in [-0.3, -0.25) is 19.2 Å². The molecule has 9 heteroatoms. The van der Waals surface area contributed by atoms with Crippen molar-refractivity contribution in [3.63, 3.8) is 0 Å². The molecule has 0 aliphatic carbocycles. The number of hydrogen-bond acceptors (Lipinski definition) is 7. The summed E-state index contributed by atoms with van der Waals surface area (Å²) >= 11 is 0. The summed E-state index contributed by atoms with van der Waals surface area (Å²) in [6.07, 6.45) is 5.52. The predicted octanol–water partition coefficient (Wildman–Crippen LogP) is 9.31. The van der Waals surface area contributed by atoms with E-state index < -0.39 is 30.7 Å². The van der Waals surface area contributed by atoms with E-state index in [0.717, 1.165) is 16.7 Å². The van der Waals surface area contributed by atoms with E-state index in [-0.39, 0.29) is 51.4 Å². The number of benzene rings is 6. The molecule has 0 heterocycles. The molecule has 65 heavy (non-hydrogen) atoms. The van der Waals surface area contributed by atoms with Crippen molar-refractivity contribution < 1.29 is 33.4 Å². The van der Waals surface area contributed by atoms with Gasteiger partial charge >= 0.3 is 17.9 Å².